The first kappa shape index (κ1) is 27.5. The van der Waals surface area contributed by atoms with Gasteiger partial charge in [-0.25, -0.2) is 28.1 Å². The summed E-state index contributed by atoms with van der Waals surface area (Å²) >= 11 is 1.24. The summed E-state index contributed by atoms with van der Waals surface area (Å²) in [7, 11) is -3.87. The van der Waals surface area contributed by atoms with Crippen molar-refractivity contribution >= 4 is 39.3 Å². The molecule has 2 heterocycles. The Morgan fingerprint density at radius 1 is 1.18 bits per heavy atom. The second kappa shape index (κ2) is 11.1. The Balaban J connectivity index is 1.41. The molecule has 1 aromatic carbocycles. The SMILES string of the molecule is CC(Sc1nc2c(cc1C#N)CC(C(C)(C)C)CC2)C(=O)Nc1ccc(S(=O)(=O)Nc2ncccn2)cc1. The molecular weight excluding hydrogens is 520 g/mol. The molecule has 0 spiro atoms. The van der Waals surface area contributed by atoms with Gasteiger partial charge in [-0.05, 0) is 79.5 Å². The van der Waals surface area contributed by atoms with Crippen molar-refractivity contribution in [1.82, 2.24) is 15.0 Å². The quantitative estimate of drug-likeness (QED) is 0.400. The van der Waals surface area contributed by atoms with E-state index in [1.807, 2.05) is 6.07 Å². The van der Waals surface area contributed by atoms with Crippen molar-refractivity contribution in [1.29, 1.82) is 5.26 Å². The normalized spacial score (nSPS) is 16.1. The average molecular weight is 551 g/mol. The zero-order valence-electron chi connectivity index (χ0n) is 21.7. The van der Waals surface area contributed by atoms with Crippen LogP contribution in [0.15, 0.2) is 58.7 Å². The van der Waals surface area contributed by atoms with Crippen molar-refractivity contribution in [2.75, 3.05) is 10.0 Å². The van der Waals surface area contributed by atoms with Crippen LogP contribution < -0.4 is 10.0 Å². The van der Waals surface area contributed by atoms with Crippen LogP contribution in [0, 0.1) is 22.7 Å². The molecule has 0 bridgehead atoms. The van der Waals surface area contributed by atoms with Crippen LogP contribution in [0.5, 0.6) is 0 Å². The number of aryl methyl sites for hydroxylation is 1. The summed E-state index contributed by atoms with van der Waals surface area (Å²) in [6.45, 7) is 8.49. The minimum Gasteiger partial charge on any atom is -0.325 e. The molecule has 1 amide bonds. The number of carbonyl (C=O) groups is 1. The summed E-state index contributed by atoms with van der Waals surface area (Å²) in [5.74, 6) is 0.227. The van der Waals surface area contributed by atoms with Crippen LogP contribution in [0.3, 0.4) is 0 Å². The maximum absolute atomic E-state index is 12.9. The van der Waals surface area contributed by atoms with E-state index in [2.05, 4.69) is 46.8 Å². The van der Waals surface area contributed by atoms with Crippen LogP contribution in [0.4, 0.5) is 11.6 Å². The molecule has 38 heavy (non-hydrogen) atoms. The van der Waals surface area contributed by atoms with E-state index in [0.717, 1.165) is 30.5 Å². The van der Waals surface area contributed by atoms with E-state index in [1.54, 1.807) is 13.0 Å². The van der Waals surface area contributed by atoms with Gasteiger partial charge in [0.2, 0.25) is 11.9 Å². The van der Waals surface area contributed by atoms with Gasteiger partial charge in [-0.2, -0.15) is 5.26 Å². The Kier molecular flexibility index (Phi) is 8.04. The van der Waals surface area contributed by atoms with Crippen LogP contribution in [-0.2, 0) is 27.7 Å². The highest BCUT2D eigenvalue weighted by Gasteiger charge is 2.30. The van der Waals surface area contributed by atoms with Gasteiger partial charge in [0.1, 0.15) is 11.1 Å². The molecular formula is C27H30N6O3S2. The van der Waals surface area contributed by atoms with Gasteiger partial charge >= 0.3 is 0 Å². The number of anilines is 2. The number of thioether (sulfide) groups is 1. The third-order valence-corrected chi connectivity index (χ3v) is 9.02. The molecule has 9 nitrogen and oxygen atoms in total. The third-order valence-electron chi connectivity index (χ3n) is 6.58. The molecule has 0 radical (unpaired) electrons. The zero-order valence-corrected chi connectivity index (χ0v) is 23.4. The van der Waals surface area contributed by atoms with Gasteiger partial charge in [0.15, 0.2) is 0 Å². The number of nitrogens with one attached hydrogen (secondary N) is 2. The molecule has 2 atom stereocenters. The van der Waals surface area contributed by atoms with Crippen molar-refractivity contribution in [2.24, 2.45) is 11.3 Å². The van der Waals surface area contributed by atoms with Crippen LogP contribution in [0.2, 0.25) is 0 Å². The van der Waals surface area contributed by atoms with Gasteiger partial charge in [-0.3, -0.25) is 4.79 Å². The molecule has 198 valence electrons. The summed E-state index contributed by atoms with van der Waals surface area (Å²) < 4.78 is 27.4. The minimum absolute atomic E-state index is 0.0102. The number of sulfonamides is 1. The largest absolute Gasteiger partial charge is 0.325 e. The number of hydrogen-bond acceptors (Lipinski definition) is 8. The van der Waals surface area contributed by atoms with Gasteiger partial charge in [0.05, 0.1) is 15.7 Å². The fourth-order valence-electron chi connectivity index (χ4n) is 4.27. The number of aromatic nitrogens is 3. The highest BCUT2D eigenvalue weighted by Crippen LogP contribution is 2.38. The van der Waals surface area contributed by atoms with Crippen molar-refractivity contribution in [3.05, 3.63) is 65.6 Å². The molecule has 1 aliphatic rings. The van der Waals surface area contributed by atoms with Crippen molar-refractivity contribution < 1.29 is 13.2 Å². The molecule has 11 heteroatoms. The van der Waals surface area contributed by atoms with E-state index >= 15 is 0 Å². The van der Waals surface area contributed by atoms with Crippen molar-refractivity contribution in [3.8, 4) is 6.07 Å². The number of hydrogen-bond donors (Lipinski definition) is 2. The Hall–Kier alpha value is -3.49. The molecule has 0 fully saturated rings. The van der Waals surface area contributed by atoms with Crippen LogP contribution in [0.25, 0.3) is 0 Å². The Morgan fingerprint density at radius 3 is 2.50 bits per heavy atom. The summed E-state index contributed by atoms with van der Waals surface area (Å²) in [6.07, 6.45) is 5.68. The van der Waals surface area contributed by atoms with Gasteiger partial charge in [0.25, 0.3) is 10.0 Å². The standard InChI is InChI=1S/C27H30N6O3S2/c1-17(37-25-19(16-28)14-18-15-20(27(2,3)4)6-11-23(18)32-25)24(34)31-21-7-9-22(10-8-21)38(35,36)33-26-29-12-5-13-30-26/h5,7-10,12-14,17,20H,6,11,15H2,1-4H3,(H,31,34)(H,29,30,33). The van der Waals surface area contributed by atoms with E-state index in [-0.39, 0.29) is 22.2 Å². The van der Waals surface area contributed by atoms with E-state index in [4.69, 9.17) is 4.98 Å². The molecule has 0 saturated heterocycles. The molecule has 0 aliphatic heterocycles. The number of fused-ring (bicyclic) bond motifs is 1. The molecule has 0 saturated carbocycles. The monoisotopic (exact) mass is 550 g/mol. The summed E-state index contributed by atoms with van der Waals surface area (Å²) in [4.78, 5) is 25.4. The summed E-state index contributed by atoms with van der Waals surface area (Å²) in [5.41, 5.74) is 3.25. The lowest BCUT2D eigenvalue weighted by atomic mass is 9.71. The minimum atomic E-state index is -3.87. The topological polar surface area (TPSA) is 138 Å². The maximum atomic E-state index is 12.9. The molecule has 1 aliphatic carbocycles. The first-order chi connectivity index (χ1) is 18.0. The lowest BCUT2D eigenvalue weighted by molar-refractivity contribution is -0.115. The first-order valence-corrected chi connectivity index (χ1v) is 14.6. The van der Waals surface area contributed by atoms with E-state index in [0.29, 0.717) is 22.2 Å². The van der Waals surface area contributed by atoms with Crippen LogP contribution in [-0.4, -0.2) is 34.5 Å². The van der Waals surface area contributed by atoms with Crippen molar-refractivity contribution in [2.45, 2.75) is 62.1 Å². The molecule has 2 aromatic heterocycles. The van der Waals surface area contributed by atoms with E-state index in [9.17, 15) is 18.5 Å². The zero-order chi connectivity index (χ0) is 27.5. The van der Waals surface area contributed by atoms with Gasteiger partial charge in [-0.15, -0.1) is 0 Å². The van der Waals surface area contributed by atoms with Gasteiger partial charge in [-0.1, -0.05) is 32.5 Å². The third kappa shape index (κ3) is 6.49. The van der Waals surface area contributed by atoms with Gasteiger partial charge in [0, 0.05) is 23.8 Å². The number of nitriles is 1. The van der Waals surface area contributed by atoms with E-state index < -0.39 is 15.3 Å². The lowest BCUT2D eigenvalue weighted by Gasteiger charge is -2.34. The van der Waals surface area contributed by atoms with Crippen LogP contribution >= 0.6 is 11.8 Å². The Bertz CT molecular complexity index is 1460. The molecule has 2 unspecified atom stereocenters. The predicted molar refractivity (Wildman–Crippen MR) is 147 cm³/mol. The fraction of sp³-hybridized carbons (Fsp3) is 0.370. The smallest absolute Gasteiger partial charge is 0.264 e. The number of pyridine rings is 1. The Morgan fingerprint density at radius 2 is 1.87 bits per heavy atom. The molecule has 2 N–H and O–H groups in total. The molecule has 3 aromatic rings. The number of carbonyl (C=O) groups excluding carboxylic acids is 1. The highest BCUT2D eigenvalue weighted by atomic mass is 32.2. The van der Waals surface area contributed by atoms with Gasteiger partial charge < -0.3 is 5.32 Å². The number of amides is 1. The highest BCUT2D eigenvalue weighted by molar-refractivity contribution is 8.00. The Labute approximate surface area is 227 Å². The average Bonchev–Trinajstić information content (AvgIpc) is 2.88. The number of nitrogens with zero attached hydrogens (tertiary/aromatic N) is 4. The second-order valence-corrected chi connectivity index (χ2v) is 13.3. The van der Waals surface area contributed by atoms with Crippen LogP contribution in [0.1, 0.15) is 50.9 Å². The summed E-state index contributed by atoms with van der Waals surface area (Å²) in [5, 5.41) is 12.6. The van der Waals surface area contributed by atoms with Crippen molar-refractivity contribution in [3.63, 3.8) is 0 Å². The number of rotatable bonds is 7. The fourth-order valence-corrected chi connectivity index (χ4v) is 6.12. The second-order valence-electron chi connectivity index (χ2n) is 10.3. The number of benzene rings is 1. The molecule has 4 rings (SSSR count). The first-order valence-electron chi connectivity index (χ1n) is 12.3. The summed E-state index contributed by atoms with van der Waals surface area (Å²) in [6, 6.07) is 11.6. The van der Waals surface area contributed by atoms with E-state index in [1.165, 1.54) is 48.4 Å². The predicted octanol–water partition coefficient (Wildman–Crippen LogP) is 4.81. The lowest BCUT2D eigenvalue weighted by Crippen LogP contribution is -2.27. The maximum Gasteiger partial charge on any atom is 0.264 e.